The van der Waals surface area contributed by atoms with Crippen molar-refractivity contribution in [3.63, 3.8) is 0 Å². The maximum absolute atomic E-state index is 4.57. The molecule has 7 nitrogen and oxygen atoms in total. The highest BCUT2D eigenvalue weighted by atomic mass is 15.3. The number of nitrogens with zero attached hydrogens (tertiary/aromatic N) is 5. The van der Waals surface area contributed by atoms with E-state index in [1.165, 1.54) is 0 Å². The fourth-order valence-corrected chi connectivity index (χ4v) is 2.51. The summed E-state index contributed by atoms with van der Waals surface area (Å²) in [7, 11) is 0. The van der Waals surface area contributed by atoms with Crippen LogP contribution in [-0.4, -0.2) is 29.9 Å². The van der Waals surface area contributed by atoms with Crippen LogP contribution in [0.3, 0.4) is 0 Å². The van der Waals surface area contributed by atoms with Crippen LogP contribution < -0.4 is 5.32 Å². The first-order valence-electron chi connectivity index (χ1n) is 6.97. The van der Waals surface area contributed by atoms with E-state index in [0.29, 0.717) is 11.9 Å². The first kappa shape index (κ1) is 13.5. The number of nitrogens with one attached hydrogen (secondary N) is 2. The maximum Gasteiger partial charge on any atom is 0.162 e. The summed E-state index contributed by atoms with van der Waals surface area (Å²) in [6.07, 6.45) is 1.55. The van der Waals surface area contributed by atoms with Gasteiger partial charge in [0.2, 0.25) is 0 Å². The third-order valence-electron chi connectivity index (χ3n) is 3.57. The number of aromatic nitrogens is 6. The number of fused-ring (bicyclic) bond motifs is 1. The molecule has 0 amide bonds. The molecule has 3 heterocycles. The Kier molecular flexibility index (Phi) is 3.12. The summed E-state index contributed by atoms with van der Waals surface area (Å²) in [6.45, 7) is 10.2. The van der Waals surface area contributed by atoms with Crippen molar-refractivity contribution < 1.29 is 0 Å². The van der Waals surface area contributed by atoms with E-state index >= 15 is 0 Å². The molecule has 2 N–H and O–H groups in total. The fraction of sp³-hybridized carbons (Fsp3) is 0.429. The van der Waals surface area contributed by atoms with Crippen LogP contribution >= 0.6 is 0 Å². The number of anilines is 2. The lowest BCUT2D eigenvalue weighted by Crippen LogP contribution is -2.05. The minimum atomic E-state index is 0.317. The minimum absolute atomic E-state index is 0.317. The molecule has 0 bridgehead atoms. The van der Waals surface area contributed by atoms with Gasteiger partial charge in [0.25, 0.3) is 0 Å². The Morgan fingerprint density at radius 1 is 1.14 bits per heavy atom. The van der Waals surface area contributed by atoms with Gasteiger partial charge in [-0.25, -0.2) is 9.97 Å². The van der Waals surface area contributed by atoms with E-state index in [4.69, 9.17) is 0 Å². The summed E-state index contributed by atoms with van der Waals surface area (Å²) < 4.78 is 2.01. The van der Waals surface area contributed by atoms with E-state index in [-0.39, 0.29) is 0 Å². The SMILES string of the molecule is Cc1nn(C(C)C)c(C)c1Nc1ncnc2c(C)[nH]nc12. The summed E-state index contributed by atoms with van der Waals surface area (Å²) >= 11 is 0. The normalized spacial score (nSPS) is 11.5. The van der Waals surface area contributed by atoms with Gasteiger partial charge in [0.05, 0.1) is 22.8 Å². The van der Waals surface area contributed by atoms with E-state index in [2.05, 4.69) is 51.4 Å². The van der Waals surface area contributed by atoms with Crippen LogP contribution in [0.15, 0.2) is 6.33 Å². The van der Waals surface area contributed by atoms with Gasteiger partial charge in [0.1, 0.15) is 11.8 Å². The Morgan fingerprint density at radius 3 is 2.57 bits per heavy atom. The minimum Gasteiger partial charge on any atom is -0.335 e. The second-order valence-electron chi connectivity index (χ2n) is 5.48. The van der Waals surface area contributed by atoms with Gasteiger partial charge in [0, 0.05) is 6.04 Å². The molecule has 3 aromatic heterocycles. The van der Waals surface area contributed by atoms with Gasteiger partial charge in [-0.2, -0.15) is 10.2 Å². The number of aryl methyl sites for hydroxylation is 2. The van der Waals surface area contributed by atoms with E-state index in [1.807, 2.05) is 18.5 Å². The van der Waals surface area contributed by atoms with Crippen molar-refractivity contribution >= 4 is 22.5 Å². The summed E-state index contributed by atoms with van der Waals surface area (Å²) in [5.41, 5.74) is 5.51. The van der Waals surface area contributed by atoms with Crippen molar-refractivity contribution in [1.29, 1.82) is 0 Å². The number of rotatable bonds is 3. The second-order valence-corrected chi connectivity index (χ2v) is 5.48. The average molecular weight is 285 g/mol. The first-order valence-corrected chi connectivity index (χ1v) is 6.97. The highest BCUT2D eigenvalue weighted by Crippen LogP contribution is 2.28. The molecule has 0 aliphatic heterocycles. The van der Waals surface area contributed by atoms with Gasteiger partial charge in [-0.05, 0) is 34.6 Å². The topological polar surface area (TPSA) is 84.3 Å². The zero-order valence-electron chi connectivity index (χ0n) is 12.9. The molecule has 7 heteroatoms. The standard InChI is InChI=1S/C14H19N7/c1-7(2)21-10(5)11(9(4)20-21)17-14-13-12(15-6-16-14)8(3)18-19-13/h6-7H,1-5H3,(H,18,19)(H,15,16,17). The molecule has 0 saturated heterocycles. The summed E-state index contributed by atoms with van der Waals surface area (Å²) in [5.74, 6) is 0.693. The largest absolute Gasteiger partial charge is 0.335 e. The lowest BCUT2D eigenvalue weighted by Gasteiger charge is -2.09. The van der Waals surface area contributed by atoms with Crippen molar-refractivity contribution in [2.45, 2.75) is 40.7 Å². The van der Waals surface area contributed by atoms with Crippen LogP contribution in [0.25, 0.3) is 11.0 Å². The van der Waals surface area contributed by atoms with Crippen LogP contribution in [0.1, 0.15) is 37.0 Å². The Bertz CT molecular complexity index is 797. The molecular formula is C14H19N7. The van der Waals surface area contributed by atoms with Crippen LogP contribution in [0.4, 0.5) is 11.5 Å². The van der Waals surface area contributed by atoms with Gasteiger partial charge in [-0.1, -0.05) is 0 Å². The van der Waals surface area contributed by atoms with Gasteiger partial charge in [-0.3, -0.25) is 9.78 Å². The molecular weight excluding hydrogens is 266 g/mol. The molecule has 0 aliphatic carbocycles. The average Bonchev–Trinajstić information content (AvgIpc) is 2.95. The Hall–Kier alpha value is -2.44. The maximum atomic E-state index is 4.57. The third kappa shape index (κ3) is 2.14. The Labute approximate surface area is 122 Å². The lowest BCUT2D eigenvalue weighted by atomic mass is 10.3. The summed E-state index contributed by atoms with van der Waals surface area (Å²) in [4.78, 5) is 8.57. The summed E-state index contributed by atoms with van der Waals surface area (Å²) in [6, 6.07) is 0.317. The van der Waals surface area contributed by atoms with E-state index in [9.17, 15) is 0 Å². The lowest BCUT2D eigenvalue weighted by molar-refractivity contribution is 0.516. The van der Waals surface area contributed by atoms with Crippen molar-refractivity contribution in [2.75, 3.05) is 5.32 Å². The molecule has 0 saturated carbocycles. The third-order valence-corrected chi connectivity index (χ3v) is 3.57. The highest BCUT2D eigenvalue weighted by molar-refractivity contribution is 5.88. The first-order chi connectivity index (χ1) is 9.99. The van der Waals surface area contributed by atoms with Gasteiger partial charge < -0.3 is 5.32 Å². The molecule has 0 aliphatic rings. The van der Waals surface area contributed by atoms with Gasteiger partial charge >= 0.3 is 0 Å². The number of hydrogen-bond acceptors (Lipinski definition) is 5. The molecule has 0 fully saturated rings. The zero-order valence-corrected chi connectivity index (χ0v) is 12.9. The molecule has 110 valence electrons. The van der Waals surface area contributed by atoms with Crippen LogP contribution in [0.2, 0.25) is 0 Å². The highest BCUT2D eigenvalue weighted by Gasteiger charge is 2.16. The van der Waals surface area contributed by atoms with Crippen molar-refractivity contribution in [2.24, 2.45) is 0 Å². The fourth-order valence-electron chi connectivity index (χ4n) is 2.51. The quantitative estimate of drug-likeness (QED) is 0.773. The molecule has 0 radical (unpaired) electrons. The van der Waals surface area contributed by atoms with Crippen LogP contribution in [-0.2, 0) is 0 Å². The summed E-state index contributed by atoms with van der Waals surface area (Å²) in [5, 5.41) is 15.1. The van der Waals surface area contributed by atoms with Crippen molar-refractivity contribution in [3.8, 4) is 0 Å². The van der Waals surface area contributed by atoms with Crippen LogP contribution in [0, 0.1) is 20.8 Å². The number of H-pyrrole nitrogens is 1. The molecule has 3 aromatic rings. The van der Waals surface area contributed by atoms with Gasteiger partial charge in [-0.15, -0.1) is 0 Å². The van der Waals surface area contributed by atoms with Crippen molar-refractivity contribution in [3.05, 3.63) is 23.4 Å². The van der Waals surface area contributed by atoms with E-state index in [0.717, 1.165) is 33.8 Å². The second kappa shape index (κ2) is 4.83. The predicted octanol–water partition coefficient (Wildman–Crippen LogP) is 2.80. The monoisotopic (exact) mass is 285 g/mol. The smallest absolute Gasteiger partial charge is 0.162 e. The van der Waals surface area contributed by atoms with E-state index < -0.39 is 0 Å². The predicted molar refractivity (Wildman–Crippen MR) is 81.8 cm³/mol. The molecule has 0 unspecified atom stereocenters. The number of aromatic amines is 1. The Balaban J connectivity index is 2.07. The molecule has 0 atom stereocenters. The van der Waals surface area contributed by atoms with E-state index in [1.54, 1.807) is 6.33 Å². The number of hydrogen-bond donors (Lipinski definition) is 2. The molecule has 0 aromatic carbocycles. The zero-order chi connectivity index (χ0) is 15.1. The van der Waals surface area contributed by atoms with Gasteiger partial charge in [0.15, 0.2) is 11.3 Å². The molecule has 0 spiro atoms. The van der Waals surface area contributed by atoms with Crippen molar-refractivity contribution in [1.82, 2.24) is 29.9 Å². The Morgan fingerprint density at radius 2 is 1.90 bits per heavy atom. The van der Waals surface area contributed by atoms with Crippen LogP contribution in [0.5, 0.6) is 0 Å². The molecule has 3 rings (SSSR count). The molecule has 21 heavy (non-hydrogen) atoms.